The molecule has 0 aliphatic heterocycles. The van der Waals surface area contributed by atoms with E-state index in [1.807, 2.05) is 26.1 Å². The van der Waals surface area contributed by atoms with E-state index in [1.165, 1.54) is 0 Å². The second-order valence-electron chi connectivity index (χ2n) is 4.90. The summed E-state index contributed by atoms with van der Waals surface area (Å²) in [6.45, 7) is 2.04. The number of hydrogen-bond donors (Lipinski definition) is 2. The summed E-state index contributed by atoms with van der Waals surface area (Å²) in [4.78, 5) is 0.416. The van der Waals surface area contributed by atoms with Gasteiger partial charge in [-0.25, -0.2) is 13.1 Å². The number of rotatable bonds is 6. The summed E-state index contributed by atoms with van der Waals surface area (Å²) >= 11 is 0. The lowest BCUT2D eigenvalue weighted by molar-refractivity contribution is 0.574. The lowest BCUT2D eigenvalue weighted by Crippen LogP contribution is -2.29. The van der Waals surface area contributed by atoms with Crippen molar-refractivity contribution in [2.45, 2.75) is 43.2 Å². The zero-order valence-corrected chi connectivity index (χ0v) is 11.6. The molecule has 1 atom stereocenters. The third kappa shape index (κ3) is 3.31. The summed E-state index contributed by atoms with van der Waals surface area (Å²) in [5.74, 6) is 0. The average molecular weight is 268 g/mol. The van der Waals surface area contributed by atoms with Crippen LogP contribution in [0.15, 0.2) is 29.2 Å². The number of hydrogen-bond acceptors (Lipinski definition) is 3. The normalized spacial score (nSPS) is 17.7. The number of benzene rings is 1. The number of sulfonamides is 1. The van der Waals surface area contributed by atoms with Crippen molar-refractivity contribution in [3.05, 3.63) is 29.8 Å². The molecule has 1 aliphatic rings. The minimum absolute atomic E-state index is 0.143. The zero-order chi connectivity index (χ0) is 13.2. The molecule has 5 heteroatoms. The minimum atomic E-state index is -3.36. The lowest BCUT2D eigenvalue weighted by Gasteiger charge is -2.14. The topological polar surface area (TPSA) is 58.2 Å². The van der Waals surface area contributed by atoms with Crippen LogP contribution in [0.1, 0.15) is 25.3 Å². The van der Waals surface area contributed by atoms with E-state index >= 15 is 0 Å². The molecule has 1 fully saturated rings. The standard InChI is InChI=1S/C13H20N2O2S/c1-10(14-2)9-11-5-3-4-6-13(11)18(16,17)15-12-7-8-12/h3-6,10,12,14-15H,7-9H2,1-2H3. The molecule has 0 heterocycles. The first-order valence-corrected chi connectivity index (χ1v) is 7.79. The summed E-state index contributed by atoms with van der Waals surface area (Å²) in [5, 5.41) is 3.13. The Morgan fingerprint density at radius 2 is 2.00 bits per heavy atom. The maximum absolute atomic E-state index is 12.2. The van der Waals surface area contributed by atoms with Crippen LogP contribution in [0.25, 0.3) is 0 Å². The summed E-state index contributed by atoms with van der Waals surface area (Å²) in [6, 6.07) is 7.62. The highest BCUT2D eigenvalue weighted by molar-refractivity contribution is 7.89. The minimum Gasteiger partial charge on any atom is -0.317 e. The summed E-state index contributed by atoms with van der Waals surface area (Å²) in [6.07, 6.45) is 2.61. The highest BCUT2D eigenvalue weighted by Gasteiger charge is 2.29. The second-order valence-corrected chi connectivity index (χ2v) is 6.58. The van der Waals surface area contributed by atoms with Crippen molar-refractivity contribution in [2.24, 2.45) is 0 Å². The quantitative estimate of drug-likeness (QED) is 0.817. The van der Waals surface area contributed by atoms with Gasteiger partial charge in [0.05, 0.1) is 4.90 Å². The predicted molar refractivity (Wildman–Crippen MR) is 72.0 cm³/mol. The molecule has 1 aromatic rings. The molecule has 4 nitrogen and oxygen atoms in total. The van der Waals surface area contributed by atoms with Gasteiger partial charge in [-0.3, -0.25) is 0 Å². The van der Waals surface area contributed by atoms with Crippen LogP contribution in [0.5, 0.6) is 0 Å². The number of likely N-dealkylation sites (N-methyl/N-ethyl adjacent to an activating group) is 1. The monoisotopic (exact) mass is 268 g/mol. The Hall–Kier alpha value is -0.910. The van der Waals surface area contributed by atoms with E-state index in [1.54, 1.807) is 12.1 Å². The molecule has 1 saturated carbocycles. The molecule has 2 N–H and O–H groups in total. The molecule has 18 heavy (non-hydrogen) atoms. The number of nitrogens with one attached hydrogen (secondary N) is 2. The Labute approximate surface area is 109 Å². The highest BCUT2D eigenvalue weighted by atomic mass is 32.2. The van der Waals surface area contributed by atoms with Crippen LogP contribution in [0.2, 0.25) is 0 Å². The third-order valence-corrected chi connectivity index (χ3v) is 4.80. The van der Waals surface area contributed by atoms with Crippen LogP contribution in [0.4, 0.5) is 0 Å². The van der Waals surface area contributed by atoms with E-state index in [-0.39, 0.29) is 12.1 Å². The van der Waals surface area contributed by atoms with Crippen molar-refractivity contribution in [1.29, 1.82) is 0 Å². The van der Waals surface area contributed by atoms with Gasteiger partial charge in [0.1, 0.15) is 0 Å². The van der Waals surface area contributed by atoms with Crippen LogP contribution in [0, 0.1) is 0 Å². The van der Waals surface area contributed by atoms with Gasteiger partial charge in [0, 0.05) is 12.1 Å². The van der Waals surface area contributed by atoms with E-state index < -0.39 is 10.0 Å². The van der Waals surface area contributed by atoms with Crippen LogP contribution in [-0.2, 0) is 16.4 Å². The van der Waals surface area contributed by atoms with Crippen LogP contribution in [0.3, 0.4) is 0 Å². The van der Waals surface area contributed by atoms with Crippen LogP contribution in [-0.4, -0.2) is 27.5 Å². The molecule has 0 radical (unpaired) electrons. The van der Waals surface area contributed by atoms with Gasteiger partial charge >= 0.3 is 0 Å². The van der Waals surface area contributed by atoms with E-state index in [2.05, 4.69) is 10.0 Å². The average Bonchev–Trinajstić information content (AvgIpc) is 3.12. The lowest BCUT2D eigenvalue weighted by atomic mass is 10.1. The molecule has 1 unspecified atom stereocenters. The van der Waals surface area contributed by atoms with Gasteiger partial charge in [-0.15, -0.1) is 0 Å². The highest BCUT2D eigenvalue weighted by Crippen LogP contribution is 2.24. The molecule has 0 saturated heterocycles. The Morgan fingerprint density at radius 3 is 2.61 bits per heavy atom. The van der Waals surface area contributed by atoms with Gasteiger partial charge in [0.2, 0.25) is 10.0 Å². The molecule has 0 spiro atoms. The maximum atomic E-state index is 12.2. The van der Waals surface area contributed by atoms with E-state index in [9.17, 15) is 8.42 Å². The van der Waals surface area contributed by atoms with E-state index in [0.717, 1.165) is 18.4 Å². The smallest absolute Gasteiger partial charge is 0.241 e. The molecule has 1 aliphatic carbocycles. The van der Waals surface area contributed by atoms with Crippen molar-refractivity contribution in [2.75, 3.05) is 7.05 Å². The zero-order valence-electron chi connectivity index (χ0n) is 10.8. The molecular formula is C13H20N2O2S. The summed E-state index contributed by atoms with van der Waals surface area (Å²) in [5.41, 5.74) is 0.868. The van der Waals surface area contributed by atoms with Crippen molar-refractivity contribution in [1.82, 2.24) is 10.0 Å². The first kappa shape index (κ1) is 13.5. The van der Waals surface area contributed by atoms with Crippen molar-refractivity contribution >= 4 is 10.0 Å². The Morgan fingerprint density at radius 1 is 1.33 bits per heavy atom. The predicted octanol–water partition coefficient (Wildman–Crippen LogP) is 1.28. The SMILES string of the molecule is CNC(C)Cc1ccccc1S(=O)(=O)NC1CC1. The van der Waals surface area contributed by atoms with Gasteiger partial charge < -0.3 is 5.32 Å². The third-order valence-electron chi connectivity index (χ3n) is 3.18. The first-order valence-electron chi connectivity index (χ1n) is 6.30. The van der Waals surface area contributed by atoms with Crippen molar-refractivity contribution in [3.63, 3.8) is 0 Å². The van der Waals surface area contributed by atoms with Gasteiger partial charge in [-0.05, 0) is 44.9 Å². The van der Waals surface area contributed by atoms with Crippen molar-refractivity contribution < 1.29 is 8.42 Å². The fourth-order valence-corrected chi connectivity index (χ4v) is 3.41. The second kappa shape index (κ2) is 5.38. The molecular weight excluding hydrogens is 248 g/mol. The largest absolute Gasteiger partial charge is 0.317 e. The van der Waals surface area contributed by atoms with Crippen LogP contribution < -0.4 is 10.0 Å². The Bertz CT molecular complexity index is 509. The molecule has 0 amide bonds. The Kier molecular flexibility index (Phi) is 4.04. The maximum Gasteiger partial charge on any atom is 0.241 e. The Balaban J connectivity index is 2.25. The van der Waals surface area contributed by atoms with Gasteiger partial charge in [0.25, 0.3) is 0 Å². The van der Waals surface area contributed by atoms with Crippen molar-refractivity contribution in [3.8, 4) is 0 Å². The molecule has 0 aromatic heterocycles. The summed E-state index contributed by atoms with van der Waals surface area (Å²) in [7, 11) is -1.48. The van der Waals surface area contributed by atoms with E-state index in [0.29, 0.717) is 11.3 Å². The fourth-order valence-electron chi connectivity index (χ4n) is 1.85. The van der Waals surface area contributed by atoms with E-state index in [4.69, 9.17) is 0 Å². The molecule has 0 bridgehead atoms. The van der Waals surface area contributed by atoms with Gasteiger partial charge in [-0.2, -0.15) is 0 Å². The molecule has 1 aromatic carbocycles. The van der Waals surface area contributed by atoms with Gasteiger partial charge in [0.15, 0.2) is 0 Å². The van der Waals surface area contributed by atoms with Gasteiger partial charge in [-0.1, -0.05) is 18.2 Å². The molecule has 100 valence electrons. The fraction of sp³-hybridized carbons (Fsp3) is 0.538. The molecule has 2 rings (SSSR count). The summed E-state index contributed by atoms with van der Waals surface area (Å²) < 4.78 is 27.2. The van der Waals surface area contributed by atoms with Crippen LogP contribution >= 0.6 is 0 Å². The first-order chi connectivity index (χ1) is 8.53.